The van der Waals surface area contributed by atoms with E-state index in [9.17, 15) is 4.21 Å². The van der Waals surface area contributed by atoms with Gasteiger partial charge in [0.05, 0.1) is 27.0 Å². The summed E-state index contributed by atoms with van der Waals surface area (Å²) in [5, 5.41) is 0.769. The van der Waals surface area contributed by atoms with Gasteiger partial charge in [0.2, 0.25) is 0 Å². The molecular formula is C17H23ClN2OS. The number of hydrogen-bond donors (Lipinski definition) is 1. The van der Waals surface area contributed by atoms with Crippen LogP contribution in [0, 0.1) is 5.92 Å². The van der Waals surface area contributed by atoms with E-state index in [0.29, 0.717) is 5.92 Å². The Morgan fingerprint density at radius 1 is 1.41 bits per heavy atom. The summed E-state index contributed by atoms with van der Waals surface area (Å²) in [6, 6.07) is 5.89. The van der Waals surface area contributed by atoms with Crippen LogP contribution < -0.4 is 4.72 Å². The predicted molar refractivity (Wildman–Crippen MR) is 94.4 cm³/mol. The molecule has 0 amide bonds. The molecule has 3 atom stereocenters. The van der Waals surface area contributed by atoms with Gasteiger partial charge in [0.15, 0.2) is 0 Å². The smallest absolute Gasteiger partial charge is 0.0978 e. The summed E-state index contributed by atoms with van der Waals surface area (Å²) in [6.07, 6.45) is 3.03. The quantitative estimate of drug-likeness (QED) is 0.863. The molecule has 1 aliphatic heterocycles. The normalized spacial score (nSPS) is 28.8. The summed E-state index contributed by atoms with van der Waals surface area (Å²) in [6.45, 7) is 8.11. The summed E-state index contributed by atoms with van der Waals surface area (Å²) >= 11 is 6.09. The van der Waals surface area contributed by atoms with Crippen molar-refractivity contribution in [2.45, 2.75) is 57.2 Å². The molecule has 1 aromatic carbocycles. The summed E-state index contributed by atoms with van der Waals surface area (Å²) in [7, 11) is -1.10. The maximum Gasteiger partial charge on any atom is 0.0978 e. The van der Waals surface area contributed by atoms with E-state index in [2.05, 4.69) is 11.6 Å². The number of nitrogens with zero attached hydrogens (tertiary/aromatic N) is 1. The zero-order valence-electron chi connectivity index (χ0n) is 13.6. The molecule has 1 fully saturated rings. The summed E-state index contributed by atoms with van der Waals surface area (Å²) in [5.74, 6) is 0.431. The zero-order valence-corrected chi connectivity index (χ0v) is 15.1. The maximum atomic E-state index is 12.5. The van der Waals surface area contributed by atoms with Crippen LogP contribution in [-0.2, 0) is 17.4 Å². The van der Waals surface area contributed by atoms with E-state index in [1.807, 2.05) is 39.0 Å². The van der Waals surface area contributed by atoms with Crippen molar-refractivity contribution in [3.8, 4) is 0 Å². The summed E-state index contributed by atoms with van der Waals surface area (Å²) < 4.78 is 15.6. The molecule has 3 nitrogen and oxygen atoms in total. The van der Waals surface area contributed by atoms with Crippen molar-refractivity contribution >= 4 is 34.0 Å². The van der Waals surface area contributed by atoms with E-state index in [-0.39, 0.29) is 10.3 Å². The second-order valence-corrected chi connectivity index (χ2v) is 9.93. The molecule has 0 aromatic heterocycles. The van der Waals surface area contributed by atoms with Crippen LogP contribution in [0.25, 0.3) is 0 Å². The second kappa shape index (κ2) is 5.43. The molecule has 1 heterocycles. The molecular weight excluding hydrogens is 316 g/mol. The average Bonchev–Trinajstić information content (AvgIpc) is 2.72. The van der Waals surface area contributed by atoms with Crippen LogP contribution in [-0.4, -0.2) is 20.2 Å². The molecule has 120 valence electrons. The van der Waals surface area contributed by atoms with Gasteiger partial charge in [0, 0.05) is 16.7 Å². The van der Waals surface area contributed by atoms with Crippen LogP contribution >= 0.6 is 11.6 Å². The van der Waals surface area contributed by atoms with E-state index in [1.165, 1.54) is 5.56 Å². The van der Waals surface area contributed by atoms with Gasteiger partial charge in [-0.05, 0) is 70.7 Å². The van der Waals surface area contributed by atoms with Crippen molar-refractivity contribution in [1.82, 2.24) is 4.72 Å². The van der Waals surface area contributed by atoms with Crippen molar-refractivity contribution in [1.29, 1.82) is 0 Å². The number of benzene rings is 1. The molecule has 0 spiro atoms. The van der Waals surface area contributed by atoms with Crippen LogP contribution in [0.15, 0.2) is 23.2 Å². The Hall–Kier alpha value is -0.710. The molecule has 0 saturated heterocycles. The highest BCUT2D eigenvalue weighted by Gasteiger charge is 2.45. The average molecular weight is 339 g/mol. The van der Waals surface area contributed by atoms with Gasteiger partial charge in [-0.2, -0.15) is 0 Å². The molecule has 1 aliphatic carbocycles. The van der Waals surface area contributed by atoms with E-state index >= 15 is 0 Å². The fourth-order valence-corrected chi connectivity index (χ4v) is 4.39. The number of hydrogen-bond acceptors (Lipinski definition) is 2. The lowest BCUT2D eigenvalue weighted by Crippen LogP contribution is -2.52. The third kappa shape index (κ3) is 2.89. The first kappa shape index (κ1) is 16.2. The molecule has 5 heteroatoms. The van der Waals surface area contributed by atoms with Crippen LogP contribution in [0.3, 0.4) is 0 Å². The first-order valence-corrected chi connectivity index (χ1v) is 9.29. The minimum absolute atomic E-state index is 0.276. The SMILES string of the molecule is CC(C)(C)S(=O)N[C@]1(C)CC[C@H]2Cc3cc(Cl)ccc3N=C21. The van der Waals surface area contributed by atoms with Crippen molar-refractivity contribution in [2.24, 2.45) is 10.9 Å². The van der Waals surface area contributed by atoms with E-state index in [4.69, 9.17) is 16.6 Å². The van der Waals surface area contributed by atoms with Crippen LogP contribution in [0.1, 0.15) is 46.1 Å². The van der Waals surface area contributed by atoms with E-state index < -0.39 is 11.0 Å². The van der Waals surface area contributed by atoms with Gasteiger partial charge in [-0.15, -0.1) is 0 Å². The van der Waals surface area contributed by atoms with Crippen molar-refractivity contribution in [3.63, 3.8) is 0 Å². The van der Waals surface area contributed by atoms with Gasteiger partial charge < -0.3 is 0 Å². The highest BCUT2D eigenvalue weighted by molar-refractivity contribution is 7.84. The second-order valence-electron chi connectivity index (χ2n) is 7.53. The molecule has 0 radical (unpaired) electrons. The van der Waals surface area contributed by atoms with E-state index in [0.717, 1.165) is 35.7 Å². The molecule has 1 aromatic rings. The van der Waals surface area contributed by atoms with Gasteiger partial charge in [0.25, 0.3) is 0 Å². The van der Waals surface area contributed by atoms with Gasteiger partial charge >= 0.3 is 0 Å². The van der Waals surface area contributed by atoms with Gasteiger partial charge in [-0.1, -0.05) is 11.6 Å². The maximum absolute atomic E-state index is 12.5. The molecule has 3 rings (SSSR count). The van der Waals surface area contributed by atoms with Gasteiger partial charge in [-0.3, -0.25) is 4.99 Å². The first-order valence-electron chi connectivity index (χ1n) is 7.76. The van der Waals surface area contributed by atoms with Crippen molar-refractivity contribution in [2.75, 3.05) is 0 Å². The molecule has 22 heavy (non-hydrogen) atoms. The summed E-state index contributed by atoms with van der Waals surface area (Å²) in [4.78, 5) is 4.90. The van der Waals surface area contributed by atoms with Crippen LogP contribution in [0.2, 0.25) is 5.02 Å². The van der Waals surface area contributed by atoms with Crippen LogP contribution in [0.5, 0.6) is 0 Å². The molecule has 2 aliphatic rings. The van der Waals surface area contributed by atoms with Gasteiger partial charge in [-0.25, -0.2) is 8.93 Å². The van der Waals surface area contributed by atoms with E-state index in [1.54, 1.807) is 0 Å². The number of aliphatic imine (C=N–C) groups is 1. The highest BCUT2D eigenvalue weighted by atomic mass is 35.5. The monoisotopic (exact) mass is 338 g/mol. The highest BCUT2D eigenvalue weighted by Crippen LogP contribution is 2.42. The number of nitrogens with one attached hydrogen (secondary N) is 1. The largest absolute Gasteiger partial charge is 0.255 e. The Bertz CT molecular complexity index is 665. The number of halogens is 1. The standard InChI is InChI=1S/C17H23ClN2OS/c1-16(2,3)22(21)20-17(4)8-7-11-9-12-10-13(18)5-6-14(12)19-15(11)17/h5-6,10-11,20H,7-9H2,1-4H3/t11-,17+,22?/m0/s1. The number of fused-ring (bicyclic) bond motifs is 2. The third-order valence-corrected chi connectivity index (χ3v) is 6.55. The minimum atomic E-state index is -1.10. The Balaban J connectivity index is 1.93. The predicted octanol–water partition coefficient (Wildman–Crippen LogP) is 4.19. The lowest BCUT2D eigenvalue weighted by atomic mass is 9.89. The molecule has 0 bridgehead atoms. The third-order valence-electron chi connectivity index (χ3n) is 4.57. The minimum Gasteiger partial charge on any atom is -0.255 e. The van der Waals surface area contributed by atoms with Gasteiger partial charge in [0.1, 0.15) is 0 Å². The molecule has 1 saturated carbocycles. The lowest BCUT2D eigenvalue weighted by Gasteiger charge is -2.32. The fourth-order valence-electron chi connectivity index (χ4n) is 3.27. The number of rotatable bonds is 2. The summed E-state index contributed by atoms with van der Waals surface area (Å²) in [5.41, 5.74) is 3.11. The Labute approximate surface area is 140 Å². The topological polar surface area (TPSA) is 41.5 Å². The van der Waals surface area contributed by atoms with Crippen molar-refractivity contribution < 1.29 is 4.21 Å². The molecule has 1 unspecified atom stereocenters. The van der Waals surface area contributed by atoms with Crippen LogP contribution in [0.4, 0.5) is 5.69 Å². The van der Waals surface area contributed by atoms with Crippen molar-refractivity contribution in [3.05, 3.63) is 28.8 Å². The fraction of sp³-hybridized carbons (Fsp3) is 0.588. The Morgan fingerprint density at radius 2 is 2.14 bits per heavy atom. The molecule has 1 N–H and O–H groups in total. The zero-order chi connectivity index (χ0) is 16.1. The Kier molecular flexibility index (Phi) is 3.99. The first-order chi connectivity index (χ1) is 10.2. The lowest BCUT2D eigenvalue weighted by molar-refractivity contribution is 0.531. The Morgan fingerprint density at radius 3 is 2.82 bits per heavy atom.